The highest BCUT2D eigenvalue weighted by Gasteiger charge is 2.51. The number of rotatable bonds is 4. The molecule has 0 amide bonds. The van der Waals surface area contributed by atoms with E-state index in [1.807, 2.05) is 0 Å². The third-order valence-electron chi connectivity index (χ3n) is 2.79. The van der Waals surface area contributed by atoms with Crippen molar-refractivity contribution in [3.05, 3.63) is 29.8 Å². The first-order valence-corrected chi connectivity index (χ1v) is 6.57. The van der Waals surface area contributed by atoms with E-state index in [-0.39, 0.29) is 5.56 Å². The molecule has 0 aliphatic rings. The van der Waals surface area contributed by atoms with Crippen LogP contribution in [0.5, 0.6) is 5.75 Å². The van der Waals surface area contributed by atoms with E-state index in [9.17, 15) is 23.1 Å². The number of carbonyl (C=O) groups is 1. The Labute approximate surface area is 126 Å². The van der Waals surface area contributed by atoms with Crippen LogP contribution in [0.25, 0.3) is 0 Å². The van der Waals surface area contributed by atoms with Gasteiger partial charge in [-0.05, 0) is 38.5 Å². The number of ether oxygens (including phenoxy) is 2. The van der Waals surface area contributed by atoms with E-state index in [4.69, 9.17) is 9.47 Å². The van der Waals surface area contributed by atoms with Crippen molar-refractivity contribution in [2.75, 3.05) is 7.11 Å². The van der Waals surface area contributed by atoms with E-state index < -0.39 is 29.8 Å². The molecule has 124 valence electrons. The molecule has 0 saturated carbocycles. The summed E-state index contributed by atoms with van der Waals surface area (Å²) in [6.45, 7) is 4.37. The largest absolute Gasteiger partial charge is 0.497 e. The molecule has 1 aromatic carbocycles. The van der Waals surface area contributed by atoms with Crippen LogP contribution in [-0.2, 0) is 9.53 Å². The van der Waals surface area contributed by atoms with Gasteiger partial charge in [0, 0.05) is 0 Å². The van der Waals surface area contributed by atoms with Gasteiger partial charge in [0.2, 0.25) is 0 Å². The van der Waals surface area contributed by atoms with Crippen LogP contribution in [0.4, 0.5) is 13.2 Å². The lowest BCUT2D eigenvalue weighted by atomic mass is 9.94. The second kappa shape index (κ2) is 6.56. The van der Waals surface area contributed by atoms with E-state index in [1.165, 1.54) is 52.1 Å². The Morgan fingerprint density at radius 1 is 1.14 bits per heavy atom. The Morgan fingerprint density at radius 2 is 1.64 bits per heavy atom. The predicted molar refractivity (Wildman–Crippen MR) is 73.3 cm³/mol. The molecule has 2 atom stereocenters. The van der Waals surface area contributed by atoms with Gasteiger partial charge in [-0.1, -0.05) is 12.1 Å². The van der Waals surface area contributed by atoms with E-state index in [2.05, 4.69) is 0 Å². The first-order valence-electron chi connectivity index (χ1n) is 6.57. The first kappa shape index (κ1) is 18.3. The molecule has 0 saturated heterocycles. The van der Waals surface area contributed by atoms with Crippen LogP contribution < -0.4 is 4.74 Å². The third kappa shape index (κ3) is 4.91. The first-order chi connectivity index (χ1) is 9.95. The van der Waals surface area contributed by atoms with Crippen molar-refractivity contribution in [2.24, 2.45) is 5.92 Å². The average molecular weight is 320 g/mol. The summed E-state index contributed by atoms with van der Waals surface area (Å²) in [7, 11) is 1.41. The van der Waals surface area contributed by atoms with Crippen molar-refractivity contribution in [1.29, 1.82) is 0 Å². The van der Waals surface area contributed by atoms with E-state index in [0.717, 1.165) is 0 Å². The fourth-order valence-corrected chi connectivity index (χ4v) is 1.80. The van der Waals surface area contributed by atoms with E-state index >= 15 is 0 Å². The van der Waals surface area contributed by atoms with Crippen molar-refractivity contribution in [2.45, 2.75) is 38.7 Å². The topological polar surface area (TPSA) is 55.8 Å². The summed E-state index contributed by atoms with van der Waals surface area (Å²) in [4.78, 5) is 11.8. The van der Waals surface area contributed by atoms with Gasteiger partial charge in [-0.25, -0.2) is 0 Å². The molecule has 0 fully saturated rings. The van der Waals surface area contributed by atoms with E-state index in [1.54, 1.807) is 0 Å². The quantitative estimate of drug-likeness (QED) is 0.865. The molecule has 1 rings (SSSR count). The zero-order chi connectivity index (χ0) is 17.1. The number of halogens is 3. The summed E-state index contributed by atoms with van der Waals surface area (Å²) < 4.78 is 49.1. The van der Waals surface area contributed by atoms with Gasteiger partial charge in [-0.2, -0.15) is 13.2 Å². The summed E-state index contributed by atoms with van der Waals surface area (Å²) in [6.07, 6.45) is -6.98. The summed E-state index contributed by atoms with van der Waals surface area (Å²) >= 11 is 0. The number of hydrogen-bond donors (Lipinski definition) is 1. The second-order valence-corrected chi connectivity index (χ2v) is 5.77. The Kier molecular flexibility index (Phi) is 5.45. The van der Waals surface area contributed by atoms with Crippen molar-refractivity contribution in [3.63, 3.8) is 0 Å². The summed E-state index contributed by atoms with van der Waals surface area (Å²) in [5.74, 6) is -3.74. The molecule has 4 nitrogen and oxygen atoms in total. The molecule has 0 unspecified atom stereocenters. The maximum atomic E-state index is 13.1. The molecule has 0 radical (unpaired) electrons. The number of esters is 1. The van der Waals surface area contributed by atoms with Crippen LogP contribution in [0.1, 0.15) is 32.4 Å². The summed E-state index contributed by atoms with van der Waals surface area (Å²) in [5.41, 5.74) is -1.13. The minimum atomic E-state index is -4.93. The van der Waals surface area contributed by atoms with Crippen LogP contribution in [0.3, 0.4) is 0 Å². The molecular formula is C15H19F3O4. The van der Waals surface area contributed by atoms with Gasteiger partial charge in [0.05, 0.1) is 7.11 Å². The number of alkyl halides is 3. The van der Waals surface area contributed by atoms with Gasteiger partial charge in [-0.3, -0.25) is 4.79 Å². The second-order valence-electron chi connectivity index (χ2n) is 5.77. The van der Waals surface area contributed by atoms with Gasteiger partial charge in [-0.15, -0.1) is 0 Å². The van der Waals surface area contributed by atoms with Gasteiger partial charge in [0.15, 0.2) is 5.92 Å². The fourth-order valence-electron chi connectivity index (χ4n) is 1.80. The van der Waals surface area contributed by atoms with Crippen molar-refractivity contribution >= 4 is 5.97 Å². The molecule has 0 heterocycles. The maximum absolute atomic E-state index is 13.1. The lowest BCUT2D eigenvalue weighted by Crippen LogP contribution is -2.40. The van der Waals surface area contributed by atoms with Gasteiger partial charge < -0.3 is 14.6 Å². The molecule has 1 N–H and O–H groups in total. The van der Waals surface area contributed by atoms with Crippen LogP contribution in [0.2, 0.25) is 0 Å². The standard InChI is InChI=1S/C15H19F3O4/c1-14(2,3)22-13(20)11(15(16,17)18)12(19)9-5-7-10(21-4)8-6-9/h5-8,11-12,19H,1-4H3/t11-,12-/m1/s1. The molecule has 0 aliphatic heterocycles. The Balaban J connectivity index is 3.08. The average Bonchev–Trinajstić information content (AvgIpc) is 2.35. The predicted octanol–water partition coefficient (Wildman–Crippen LogP) is 3.25. The van der Waals surface area contributed by atoms with Gasteiger partial charge >= 0.3 is 12.1 Å². The highest BCUT2D eigenvalue weighted by atomic mass is 19.4. The number of carbonyl (C=O) groups excluding carboxylic acids is 1. The van der Waals surface area contributed by atoms with Gasteiger partial charge in [0.1, 0.15) is 17.5 Å². The number of hydrogen-bond acceptors (Lipinski definition) is 4. The highest BCUT2D eigenvalue weighted by molar-refractivity contribution is 5.74. The molecule has 1 aromatic rings. The molecule has 0 spiro atoms. The Morgan fingerprint density at radius 3 is 2.00 bits per heavy atom. The molecule has 22 heavy (non-hydrogen) atoms. The summed E-state index contributed by atoms with van der Waals surface area (Å²) in [6, 6.07) is 5.35. The number of methoxy groups -OCH3 is 1. The zero-order valence-corrected chi connectivity index (χ0v) is 12.8. The fraction of sp³-hybridized carbons (Fsp3) is 0.533. The SMILES string of the molecule is COc1ccc([C@@H](O)[C@H](C(=O)OC(C)(C)C)C(F)(F)F)cc1. The van der Waals surface area contributed by atoms with Crippen LogP contribution in [0.15, 0.2) is 24.3 Å². The van der Waals surface area contributed by atoms with Crippen molar-refractivity contribution in [1.82, 2.24) is 0 Å². The maximum Gasteiger partial charge on any atom is 0.405 e. The smallest absolute Gasteiger partial charge is 0.405 e. The molecule has 0 aromatic heterocycles. The third-order valence-corrected chi connectivity index (χ3v) is 2.79. The minimum Gasteiger partial charge on any atom is -0.497 e. The normalized spacial score (nSPS) is 15.1. The molecular weight excluding hydrogens is 301 g/mol. The van der Waals surface area contributed by atoms with Crippen LogP contribution in [-0.4, -0.2) is 30.0 Å². The molecule has 0 aliphatic carbocycles. The van der Waals surface area contributed by atoms with Crippen molar-refractivity contribution < 1.29 is 32.5 Å². The van der Waals surface area contributed by atoms with Gasteiger partial charge in [0.25, 0.3) is 0 Å². The van der Waals surface area contributed by atoms with Crippen LogP contribution >= 0.6 is 0 Å². The monoisotopic (exact) mass is 320 g/mol. The molecule has 7 heteroatoms. The number of aliphatic hydroxyl groups is 1. The Hall–Kier alpha value is -1.76. The lowest BCUT2D eigenvalue weighted by Gasteiger charge is -2.28. The number of aliphatic hydroxyl groups excluding tert-OH is 1. The molecule has 0 bridgehead atoms. The van der Waals surface area contributed by atoms with Crippen molar-refractivity contribution in [3.8, 4) is 5.75 Å². The van der Waals surface area contributed by atoms with Crippen LogP contribution in [0, 0.1) is 5.92 Å². The zero-order valence-electron chi connectivity index (χ0n) is 12.8. The van der Waals surface area contributed by atoms with E-state index in [0.29, 0.717) is 5.75 Å². The highest BCUT2D eigenvalue weighted by Crippen LogP contribution is 2.38. The Bertz CT molecular complexity index is 503. The lowest BCUT2D eigenvalue weighted by molar-refractivity contribution is -0.221. The number of benzene rings is 1. The minimum absolute atomic E-state index is 0.0472. The summed E-state index contributed by atoms with van der Waals surface area (Å²) in [5, 5.41) is 9.99.